The quantitative estimate of drug-likeness (QED) is 0.723. The molecule has 0 saturated carbocycles. The predicted octanol–water partition coefficient (Wildman–Crippen LogP) is 3.06. The van der Waals surface area contributed by atoms with E-state index in [1.807, 2.05) is 48.7 Å². The van der Waals surface area contributed by atoms with E-state index in [1.54, 1.807) is 25.4 Å². The number of methoxy groups -OCH3 is 1. The lowest BCUT2D eigenvalue weighted by atomic mass is 10.2. The largest absolute Gasteiger partial charge is 0.495 e. The highest BCUT2D eigenvalue weighted by atomic mass is 16.5. The maximum atomic E-state index is 12.5. The zero-order valence-electron chi connectivity index (χ0n) is 16.3. The first-order chi connectivity index (χ1) is 14.2. The first kappa shape index (κ1) is 18.7. The Morgan fingerprint density at radius 1 is 0.897 bits per heavy atom. The summed E-state index contributed by atoms with van der Waals surface area (Å²) in [6.07, 6.45) is 3.43. The number of carbonyl (C=O) groups is 1. The first-order valence-corrected chi connectivity index (χ1v) is 9.56. The van der Waals surface area contributed by atoms with Gasteiger partial charge in [-0.1, -0.05) is 18.2 Å². The van der Waals surface area contributed by atoms with Gasteiger partial charge in [-0.3, -0.25) is 4.79 Å². The lowest BCUT2D eigenvalue weighted by Crippen LogP contribution is -2.47. The number of aromatic nitrogens is 2. The second-order valence-corrected chi connectivity index (χ2v) is 6.72. The van der Waals surface area contributed by atoms with Crippen molar-refractivity contribution in [2.45, 2.75) is 0 Å². The van der Waals surface area contributed by atoms with Gasteiger partial charge in [0, 0.05) is 38.6 Å². The number of piperazine rings is 1. The highest BCUT2D eigenvalue weighted by molar-refractivity contribution is 6.04. The number of nitrogens with zero attached hydrogens (tertiary/aromatic N) is 4. The molecule has 3 heterocycles. The van der Waals surface area contributed by atoms with E-state index in [-0.39, 0.29) is 5.91 Å². The third-order valence-electron chi connectivity index (χ3n) is 4.94. The number of anilines is 3. The van der Waals surface area contributed by atoms with Crippen LogP contribution < -0.4 is 19.9 Å². The van der Waals surface area contributed by atoms with Crippen molar-refractivity contribution in [2.75, 3.05) is 48.4 Å². The Morgan fingerprint density at radius 2 is 1.59 bits per heavy atom. The van der Waals surface area contributed by atoms with Gasteiger partial charge < -0.3 is 19.9 Å². The number of hydrogen-bond acceptors (Lipinski definition) is 6. The van der Waals surface area contributed by atoms with Crippen molar-refractivity contribution in [2.24, 2.45) is 0 Å². The highest BCUT2D eigenvalue weighted by Crippen LogP contribution is 2.24. The number of ether oxygens (including phenoxy) is 1. The SMILES string of the molecule is COc1ccccc1NC(=O)c1ccc(N2CCN(c3ccccn3)CC2)nc1. The smallest absolute Gasteiger partial charge is 0.257 e. The molecule has 1 amide bonds. The maximum absolute atomic E-state index is 12.5. The van der Waals surface area contributed by atoms with Crippen molar-refractivity contribution in [1.82, 2.24) is 9.97 Å². The van der Waals surface area contributed by atoms with E-state index in [0.29, 0.717) is 17.0 Å². The summed E-state index contributed by atoms with van der Waals surface area (Å²) in [4.78, 5) is 26.0. The van der Waals surface area contributed by atoms with Crippen LogP contribution in [-0.2, 0) is 0 Å². The molecule has 2 aromatic heterocycles. The summed E-state index contributed by atoms with van der Waals surface area (Å²) >= 11 is 0. The summed E-state index contributed by atoms with van der Waals surface area (Å²) in [5.41, 5.74) is 1.14. The van der Waals surface area contributed by atoms with Gasteiger partial charge in [0.25, 0.3) is 5.91 Å². The fourth-order valence-electron chi connectivity index (χ4n) is 3.36. The van der Waals surface area contributed by atoms with Crippen LogP contribution in [0.1, 0.15) is 10.4 Å². The van der Waals surface area contributed by atoms with E-state index < -0.39 is 0 Å². The van der Waals surface area contributed by atoms with Crippen molar-refractivity contribution in [3.8, 4) is 5.75 Å². The number of carbonyl (C=O) groups excluding carboxylic acids is 1. The molecule has 1 aliphatic heterocycles. The van der Waals surface area contributed by atoms with Gasteiger partial charge in [-0.25, -0.2) is 9.97 Å². The maximum Gasteiger partial charge on any atom is 0.257 e. The molecule has 148 valence electrons. The van der Waals surface area contributed by atoms with Crippen LogP contribution in [0.5, 0.6) is 5.75 Å². The van der Waals surface area contributed by atoms with Gasteiger partial charge in [0.15, 0.2) is 0 Å². The van der Waals surface area contributed by atoms with Crippen LogP contribution >= 0.6 is 0 Å². The van der Waals surface area contributed by atoms with Crippen LogP contribution in [0.15, 0.2) is 67.0 Å². The molecular formula is C22H23N5O2. The molecule has 1 fully saturated rings. The fraction of sp³-hybridized carbons (Fsp3) is 0.227. The van der Waals surface area contributed by atoms with Crippen LogP contribution in [0.4, 0.5) is 17.3 Å². The van der Waals surface area contributed by atoms with Crippen molar-refractivity contribution < 1.29 is 9.53 Å². The molecule has 4 rings (SSSR count). The molecule has 3 aromatic rings. The summed E-state index contributed by atoms with van der Waals surface area (Å²) in [5.74, 6) is 2.28. The van der Waals surface area contributed by atoms with Gasteiger partial charge in [-0.15, -0.1) is 0 Å². The Labute approximate surface area is 170 Å². The monoisotopic (exact) mass is 389 g/mol. The Morgan fingerprint density at radius 3 is 2.21 bits per heavy atom. The number of amides is 1. The lowest BCUT2D eigenvalue weighted by molar-refractivity contribution is 0.102. The minimum absolute atomic E-state index is 0.214. The zero-order chi connectivity index (χ0) is 20.1. The summed E-state index contributed by atoms with van der Waals surface area (Å²) in [7, 11) is 1.58. The van der Waals surface area contributed by atoms with E-state index in [9.17, 15) is 4.79 Å². The summed E-state index contributed by atoms with van der Waals surface area (Å²) in [6, 6.07) is 17.0. The normalized spacial score (nSPS) is 13.8. The molecule has 0 bridgehead atoms. The molecule has 1 aromatic carbocycles. The standard InChI is InChI=1S/C22H23N5O2/c1-29-19-7-3-2-6-18(19)25-22(28)17-9-10-21(24-16-17)27-14-12-26(13-15-27)20-8-4-5-11-23-20/h2-11,16H,12-15H2,1H3,(H,25,28). The Balaban J connectivity index is 1.37. The van der Waals surface area contributed by atoms with Crippen molar-refractivity contribution in [3.05, 3.63) is 72.6 Å². The van der Waals surface area contributed by atoms with E-state index in [1.165, 1.54) is 0 Å². The molecular weight excluding hydrogens is 366 g/mol. The van der Waals surface area contributed by atoms with Crippen LogP contribution in [-0.4, -0.2) is 49.2 Å². The molecule has 0 radical (unpaired) electrons. The molecule has 0 unspecified atom stereocenters. The molecule has 0 atom stereocenters. The number of pyridine rings is 2. The van der Waals surface area contributed by atoms with Crippen molar-refractivity contribution in [3.63, 3.8) is 0 Å². The first-order valence-electron chi connectivity index (χ1n) is 9.56. The lowest BCUT2D eigenvalue weighted by Gasteiger charge is -2.36. The molecule has 0 spiro atoms. The van der Waals surface area contributed by atoms with Gasteiger partial charge >= 0.3 is 0 Å². The molecule has 1 saturated heterocycles. The molecule has 7 nitrogen and oxygen atoms in total. The fourth-order valence-corrected chi connectivity index (χ4v) is 3.36. The molecule has 29 heavy (non-hydrogen) atoms. The average molecular weight is 389 g/mol. The van der Waals surface area contributed by atoms with E-state index in [0.717, 1.165) is 37.8 Å². The minimum atomic E-state index is -0.214. The summed E-state index contributed by atoms with van der Waals surface area (Å²) in [5, 5.41) is 2.87. The number of nitrogens with one attached hydrogen (secondary N) is 1. The zero-order valence-corrected chi connectivity index (χ0v) is 16.3. The summed E-state index contributed by atoms with van der Waals surface area (Å²) in [6.45, 7) is 3.48. The van der Waals surface area contributed by atoms with Crippen LogP contribution in [0.2, 0.25) is 0 Å². The van der Waals surface area contributed by atoms with Gasteiger partial charge in [0.05, 0.1) is 18.4 Å². The van der Waals surface area contributed by atoms with E-state index in [2.05, 4.69) is 25.1 Å². The average Bonchev–Trinajstić information content (AvgIpc) is 2.80. The van der Waals surface area contributed by atoms with Gasteiger partial charge in [-0.05, 0) is 36.4 Å². The second-order valence-electron chi connectivity index (χ2n) is 6.72. The Kier molecular flexibility index (Phi) is 5.56. The van der Waals surface area contributed by atoms with E-state index in [4.69, 9.17) is 4.74 Å². The highest BCUT2D eigenvalue weighted by Gasteiger charge is 2.19. The third-order valence-corrected chi connectivity index (χ3v) is 4.94. The van der Waals surface area contributed by atoms with Gasteiger partial charge in [0.1, 0.15) is 17.4 Å². The second kappa shape index (κ2) is 8.60. The number of para-hydroxylation sites is 2. The number of benzene rings is 1. The van der Waals surface area contributed by atoms with Gasteiger partial charge in [-0.2, -0.15) is 0 Å². The van der Waals surface area contributed by atoms with Crippen LogP contribution in [0.3, 0.4) is 0 Å². The van der Waals surface area contributed by atoms with Crippen LogP contribution in [0, 0.1) is 0 Å². The molecule has 1 N–H and O–H groups in total. The molecule has 1 aliphatic rings. The van der Waals surface area contributed by atoms with Crippen molar-refractivity contribution in [1.29, 1.82) is 0 Å². The topological polar surface area (TPSA) is 70.6 Å². The Bertz CT molecular complexity index is 954. The molecule has 0 aliphatic carbocycles. The number of hydrogen-bond donors (Lipinski definition) is 1. The molecule has 7 heteroatoms. The number of rotatable bonds is 5. The predicted molar refractivity (Wildman–Crippen MR) is 114 cm³/mol. The van der Waals surface area contributed by atoms with Gasteiger partial charge in [0.2, 0.25) is 0 Å². The van der Waals surface area contributed by atoms with Crippen molar-refractivity contribution >= 4 is 23.2 Å². The minimum Gasteiger partial charge on any atom is -0.495 e. The van der Waals surface area contributed by atoms with E-state index >= 15 is 0 Å². The Hall–Kier alpha value is -3.61. The third kappa shape index (κ3) is 4.29. The summed E-state index contributed by atoms with van der Waals surface area (Å²) < 4.78 is 5.28. The van der Waals surface area contributed by atoms with Crippen LogP contribution in [0.25, 0.3) is 0 Å².